The van der Waals surface area contributed by atoms with Crippen LogP contribution in [0.3, 0.4) is 0 Å². The Morgan fingerprint density at radius 2 is 1.76 bits per heavy atom. The number of nitrogens with one attached hydrogen (secondary N) is 2. The van der Waals surface area contributed by atoms with Crippen LogP contribution in [0.1, 0.15) is 85.7 Å². The number of alkyl halides is 3. The van der Waals surface area contributed by atoms with Crippen molar-refractivity contribution in [3.05, 3.63) is 34.9 Å². The van der Waals surface area contributed by atoms with Crippen LogP contribution >= 0.6 is 0 Å². The first-order valence-corrected chi connectivity index (χ1v) is 13.4. The molecule has 4 aliphatic rings. The molecule has 37 heavy (non-hydrogen) atoms. The van der Waals surface area contributed by atoms with E-state index in [0.29, 0.717) is 56.2 Å². The van der Waals surface area contributed by atoms with Crippen LogP contribution in [0.2, 0.25) is 0 Å². The maximum Gasteiger partial charge on any atom is 0.522 e. The van der Waals surface area contributed by atoms with Gasteiger partial charge in [-0.2, -0.15) is 0 Å². The highest BCUT2D eigenvalue weighted by atomic mass is 19.4. The molecule has 7 nitrogen and oxygen atoms in total. The minimum atomic E-state index is -4.57. The van der Waals surface area contributed by atoms with E-state index in [1.165, 1.54) is 0 Å². The highest BCUT2D eigenvalue weighted by Gasteiger charge is 2.40. The maximum absolute atomic E-state index is 13.0. The van der Waals surface area contributed by atoms with Crippen LogP contribution in [0.25, 0.3) is 0 Å². The van der Waals surface area contributed by atoms with Gasteiger partial charge < -0.3 is 10.2 Å². The molecule has 3 atom stereocenters. The molecule has 1 unspecified atom stereocenters. The van der Waals surface area contributed by atoms with E-state index in [9.17, 15) is 27.6 Å². The third kappa shape index (κ3) is 6.17. The number of nitrogens with zero attached hydrogens (tertiary/aromatic N) is 1. The van der Waals surface area contributed by atoms with Gasteiger partial charge in [0.15, 0.2) is 0 Å². The fourth-order valence-corrected chi connectivity index (χ4v) is 6.57. The second kappa shape index (κ2) is 10.7. The van der Waals surface area contributed by atoms with Crippen molar-refractivity contribution in [2.75, 3.05) is 0 Å². The lowest BCUT2D eigenvalue weighted by atomic mass is 9.79. The van der Waals surface area contributed by atoms with Gasteiger partial charge in [0, 0.05) is 30.6 Å². The minimum Gasteiger partial charge on any atom is -0.322 e. The molecule has 1 saturated heterocycles. The zero-order valence-electron chi connectivity index (χ0n) is 20.8. The molecule has 202 valence electrons. The molecule has 5 rings (SSSR count). The van der Waals surface area contributed by atoms with Crippen LogP contribution in [-0.4, -0.2) is 53.2 Å². The number of amides is 3. The van der Waals surface area contributed by atoms with E-state index in [4.69, 9.17) is 0 Å². The number of carbonyl (C=O) groups is 3. The summed E-state index contributed by atoms with van der Waals surface area (Å²) in [6.45, 7) is 0.365. The molecule has 2 saturated carbocycles. The van der Waals surface area contributed by atoms with Crippen molar-refractivity contribution < 1.29 is 32.3 Å². The summed E-state index contributed by atoms with van der Waals surface area (Å²) >= 11 is 0. The third-order valence-electron chi connectivity index (χ3n) is 8.42. The molecule has 2 aliphatic heterocycles. The molecular weight excluding hydrogens is 487 g/mol. The summed E-state index contributed by atoms with van der Waals surface area (Å²) in [4.78, 5) is 38.4. The second-order valence-corrected chi connectivity index (χ2v) is 11.0. The van der Waals surface area contributed by atoms with Crippen LogP contribution < -0.4 is 10.6 Å². The molecule has 3 amide bonds. The first-order chi connectivity index (χ1) is 17.7. The predicted molar refractivity (Wildman–Crippen MR) is 128 cm³/mol. The molecule has 1 aromatic carbocycles. The normalized spacial score (nSPS) is 30.8. The van der Waals surface area contributed by atoms with Gasteiger partial charge in [0.1, 0.15) is 6.04 Å². The Bertz CT molecular complexity index is 1040. The fraction of sp³-hybridized carbons (Fsp3) is 0.667. The first-order valence-electron chi connectivity index (χ1n) is 13.4. The number of fused-ring (bicyclic) bond motifs is 1. The Morgan fingerprint density at radius 1 is 1.00 bits per heavy atom. The van der Waals surface area contributed by atoms with E-state index in [1.807, 2.05) is 12.1 Å². The van der Waals surface area contributed by atoms with E-state index in [2.05, 4.69) is 21.4 Å². The Morgan fingerprint density at radius 3 is 2.49 bits per heavy atom. The summed E-state index contributed by atoms with van der Waals surface area (Å²) in [5.74, 6) is -0.462. The fourth-order valence-electron chi connectivity index (χ4n) is 6.57. The molecule has 0 radical (unpaired) electrons. The summed E-state index contributed by atoms with van der Waals surface area (Å²) in [7, 11) is 0. The highest BCUT2D eigenvalue weighted by molar-refractivity contribution is 6.05. The van der Waals surface area contributed by atoms with Crippen molar-refractivity contribution in [2.24, 2.45) is 5.92 Å². The van der Waals surface area contributed by atoms with Crippen molar-refractivity contribution in [3.8, 4) is 0 Å². The smallest absolute Gasteiger partial charge is 0.322 e. The van der Waals surface area contributed by atoms with Crippen LogP contribution in [0.4, 0.5) is 13.2 Å². The minimum absolute atomic E-state index is 0.168. The number of imide groups is 1. The summed E-state index contributed by atoms with van der Waals surface area (Å²) in [5.41, 5.74) is 2.68. The number of hydrogen-bond donors (Lipinski definition) is 2. The maximum atomic E-state index is 13.0. The number of carbonyl (C=O) groups excluding carboxylic acids is 3. The third-order valence-corrected chi connectivity index (χ3v) is 8.42. The van der Waals surface area contributed by atoms with Gasteiger partial charge in [-0.1, -0.05) is 25.0 Å². The monoisotopic (exact) mass is 521 g/mol. The van der Waals surface area contributed by atoms with Crippen molar-refractivity contribution in [1.82, 2.24) is 15.5 Å². The molecule has 0 aromatic heterocycles. The average Bonchev–Trinajstić information content (AvgIpc) is 3.16. The van der Waals surface area contributed by atoms with E-state index >= 15 is 0 Å². The van der Waals surface area contributed by atoms with Gasteiger partial charge in [-0.25, -0.2) is 0 Å². The largest absolute Gasteiger partial charge is 0.522 e. The second-order valence-electron chi connectivity index (χ2n) is 11.0. The van der Waals surface area contributed by atoms with Crippen LogP contribution in [-0.2, 0) is 27.3 Å². The molecule has 0 spiro atoms. The Balaban J connectivity index is 1.19. The Kier molecular flexibility index (Phi) is 7.58. The Labute approximate surface area is 214 Å². The predicted octanol–water partition coefficient (Wildman–Crippen LogP) is 3.99. The topological polar surface area (TPSA) is 87.7 Å². The summed E-state index contributed by atoms with van der Waals surface area (Å²) in [6, 6.07) is 5.82. The van der Waals surface area contributed by atoms with E-state index in [-0.39, 0.29) is 24.3 Å². The van der Waals surface area contributed by atoms with Crippen LogP contribution in [0.15, 0.2) is 18.2 Å². The summed E-state index contributed by atoms with van der Waals surface area (Å²) in [5, 5.41) is 6.09. The zero-order valence-corrected chi connectivity index (χ0v) is 20.8. The number of ether oxygens (including phenoxy) is 1. The van der Waals surface area contributed by atoms with Gasteiger partial charge in [0.25, 0.3) is 5.91 Å². The molecular formula is C27H34F3N3O4. The number of hydrogen-bond acceptors (Lipinski definition) is 5. The van der Waals surface area contributed by atoms with Gasteiger partial charge in [-0.05, 0) is 74.5 Å². The molecule has 2 N–H and O–H groups in total. The number of rotatable bonds is 6. The Hall–Kier alpha value is -2.46. The van der Waals surface area contributed by atoms with Crippen LogP contribution in [0.5, 0.6) is 0 Å². The summed E-state index contributed by atoms with van der Waals surface area (Å²) < 4.78 is 41.8. The number of halogens is 3. The molecule has 2 heterocycles. The standard InChI is InChI=1S/C27H34F3N3O4/c28-27(29,30)37-20-8-6-19(7-9-20)31-22-4-2-1-3-17(22)13-16-5-10-21-18(14-16)15-33(26(21)36)23-11-12-24(34)32-25(23)35/h5,10,14,17,19-20,22-23,31H,1-4,6-9,11-13,15H2,(H,32,34,35)/t17-,19-,20-,22+,23?/m1/s1. The quantitative estimate of drug-likeness (QED) is 0.553. The van der Waals surface area contributed by atoms with E-state index in [1.54, 1.807) is 4.90 Å². The molecule has 2 aliphatic carbocycles. The van der Waals surface area contributed by atoms with Gasteiger partial charge in [0.2, 0.25) is 11.8 Å². The summed E-state index contributed by atoms with van der Waals surface area (Å²) in [6.07, 6.45) is 2.75. The van der Waals surface area contributed by atoms with Crippen molar-refractivity contribution in [1.29, 1.82) is 0 Å². The lowest BCUT2D eigenvalue weighted by molar-refractivity contribution is -0.345. The molecule has 10 heteroatoms. The van der Waals surface area contributed by atoms with Gasteiger partial charge in [-0.3, -0.25) is 24.4 Å². The zero-order chi connectivity index (χ0) is 26.2. The van der Waals surface area contributed by atoms with Crippen LogP contribution in [0, 0.1) is 5.92 Å². The number of benzene rings is 1. The van der Waals surface area contributed by atoms with Crippen molar-refractivity contribution in [3.63, 3.8) is 0 Å². The number of piperidine rings is 1. The van der Waals surface area contributed by atoms with Crippen molar-refractivity contribution in [2.45, 2.75) is 108 Å². The molecule has 1 aromatic rings. The molecule has 3 fully saturated rings. The lowest BCUT2D eigenvalue weighted by Gasteiger charge is -2.38. The van der Waals surface area contributed by atoms with E-state index < -0.39 is 24.4 Å². The van der Waals surface area contributed by atoms with Gasteiger partial charge in [-0.15, -0.1) is 13.2 Å². The van der Waals surface area contributed by atoms with E-state index in [0.717, 1.165) is 43.2 Å². The highest BCUT2D eigenvalue weighted by Crippen LogP contribution is 2.33. The van der Waals surface area contributed by atoms with Gasteiger partial charge >= 0.3 is 6.36 Å². The molecule has 0 bridgehead atoms. The average molecular weight is 522 g/mol. The van der Waals surface area contributed by atoms with Gasteiger partial charge in [0.05, 0.1) is 6.10 Å². The van der Waals surface area contributed by atoms with Crippen molar-refractivity contribution >= 4 is 17.7 Å². The lowest BCUT2D eigenvalue weighted by Crippen LogP contribution is -2.52. The SMILES string of the molecule is O=C1CCC(N2Cc3cc(C[C@H]4CCCC[C@@H]4N[C@H]4CC[C@H](OC(F)(F)F)CC4)ccc3C2=O)C(=O)N1. The first kappa shape index (κ1) is 26.2.